The van der Waals surface area contributed by atoms with Gasteiger partial charge in [-0.05, 0) is 96.9 Å². The average molecular weight is 599 g/mol. The van der Waals surface area contributed by atoms with Crippen LogP contribution < -0.4 is 25.5 Å². The lowest BCUT2D eigenvalue weighted by atomic mass is 10.1. The minimum absolute atomic E-state index is 0.143. The van der Waals surface area contributed by atoms with Crippen molar-refractivity contribution in [1.29, 1.82) is 0 Å². The summed E-state index contributed by atoms with van der Waals surface area (Å²) in [5.41, 5.74) is 3.89. The maximum Gasteiger partial charge on any atom is 0.343 e. The van der Waals surface area contributed by atoms with E-state index in [9.17, 15) is 19.2 Å². The van der Waals surface area contributed by atoms with Crippen LogP contribution in [-0.4, -0.2) is 36.5 Å². The van der Waals surface area contributed by atoms with Gasteiger partial charge < -0.3 is 20.1 Å². The minimum Gasteiger partial charge on any atom is -0.494 e. The van der Waals surface area contributed by atoms with Gasteiger partial charge in [-0.25, -0.2) is 10.2 Å². The number of benzene rings is 4. The molecule has 0 unspecified atom stereocenters. The Morgan fingerprint density at radius 2 is 1.47 bits per heavy atom. The maximum atomic E-state index is 12.7. The molecule has 0 spiro atoms. The number of hydrogen-bond donors (Lipinski definition) is 3. The highest BCUT2D eigenvalue weighted by Crippen LogP contribution is 2.19. The van der Waals surface area contributed by atoms with Crippen molar-refractivity contribution in [2.24, 2.45) is 5.10 Å². The molecule has 218 valence electrons. The van der Waals surface area contributed by atoms with Gasteiger partial charge in [0.05, 0.1) is 29.6 Å². The van der Waals surface area contributed by atoms with Gasteiger partial charge in [0.15, 0.2) is 0 Å². The van der Waals surface area contributed by atoms with Gasteiger partial charge in [-0.1, -0.05) is 30.7 Å². The lowest BCUT2D eigenvalue weighted by Gasteiger charge is -2.11. The molecule has 3 N–H and O–H groups in total. The van der Waals surface area contributed by atoms with Gasteiger partial charge in [0.1, 0.15) is 11.5 Å². The first kappa shape index (κ1) is 30.5. The van der Waals surface area contributed by atoms with Crippen LogP contribution in [0.2, 0.25) is 5.02 Å². The number of anilines is 2. The Bertz CT molecular complexity index is 1620. The molecule has 43 heavy (non-hydrogen) atoms. The fourth-order valence-electron chi connectivity index (χ4n) is 3.61. The molecule has 0 aliphatic rings. The zero-order chi connectivity index (χ0) is 30.6. The van der Waals surface area contributed by atoms with Gasteiger partial charge >= 0.3 is 17.8 Å². The summed E-state index contributed by atoms with van der Waals surface area (Å²) >= 11 is 5.88. The van der Waals surface area contributed by atoms with Crippen molar-refractivity contribution in [2.45, 2.75) is 13.3 Å². The predicted molar refractivity (Wildman–Crippen MR) is 164 cm³/mol. The fraction of sp³-hybridized carbons (Fsp3) is 0.0938. The van der Waals surface area contributed by atoms with Crippen LogP contribution in [0.3, 0.4) is 0 Å². The van der Waals surface area contributed by atoms with Gasteiger partial charge in [0, 0.05) is 10.7 Å². The number of amides is 3. The van der Waals surface area contributed by atoms with Gasteiger partial charge in [-0.2, -0.15) is 5.10 Å². The van der Waals surface area contributed by atoms with Crippen molar-refractivity contribution in [3.05, 3.63) is 119 Å². The number of halogens is 1. The van der Waals surface area contributed by atoms with E-state index in [-0.39, 0.29) is 11.3 Å². The second kappa shape index (κ2) is 14.9. The van der Waals surface area contributed by atoms with E-state index >= 15 is 0 Å². The zero-order valence-corrected chi connectivity index (χ0v) is 23.8. The van der Waals surface area contributed by atoms with Crippen LogP contribution in [0.25, 0.3) is 0 Å². The normalized spacial score (nSPS) is 10.6. The topological polar surface area (TPSA) is 135 Å². The second-order valence-corrected chi connectivity index (χ2v) is 9.43. The summed E-state index contributed by atoms with van der Waals surface area (Å²) < 4.78 is 10.9. The SMILES string of the molecule is CCCOc1ccc(C(=O)Oc2ccc(C=NNC(=O)C(=O)Nc3ccccc3C(=O)Nc3ccc(Cl)cc3)cc2)cc1. The van der Waals surface area contributed by atoms with Crippen LogP contribution in [0.15, 0.2) is 102 Å². The van der Waals surface area contributed by atoms with Crippen LogP contribution >= 0.6 is 11.6 Å². The highest BCUT2D eigenvalue weighted by Gasteiger charge is 2.18. The molecule has 0 aliphatic carbocycles. The maximum absolute atomic E-state index is 12.7. The molecule has 3 amide bonds. The largest absolute Gasteiger partial charge is 0.494 e. The van der Waals surface area contributed by atoms with Crippen molar-refractivity contribution >= 4 is 52.9 Å². The molecule has 0 fully saturated rings. The van der Waals surface area contributed by atoms with Crippen LogP contribution in [0, 0.1) is 0 Å². The molecule has 4 aromatic rings. The molecule has 0 saturated heterocycles. The number of hydrazone groups is 1. The lowest BCUT2D eigenvalue weighted by molar-refractivity contribution is -0.136. The van der Waals surface area contributed by atoms with Crippen molar-refractivity contribution in [3.8, 4) is 11.5 Å². The second-order valence-electron chi connectivity index (χ2n) is 8.99. The van der Waals surface area contributed by atoms with Gasteiger partial charge in [-0.15, -0.1) is 0 Å². The highest BCUT2D eigenvalue weighted by atomic mass is 35.5. The van der Waals surface area contributed by atoms with Crippen molar-refractivity contribution in [2.75, 3.05) is 17.2 Å². The molecule has 0 radical (unpaired) electrons. The number of rotatable bonds is 10. The highest BCUT2D eigenvalue weighted by molar-refractivity contribution is 6.40. The van der Waals surface area contributed by atoms with Crippen molar-refractivity contribution in [1.82, 2.24) is 5.43 Å². The first-order chi connectivity index (χ1) is 20.8. The molecule has 0 bridgehead atoms. The Kier molecular flexibility index (Phi) is 10.6. The van der Waals surface area contributed by atoms with Crippen LogP contribution in [0.5, 0.6) is 11.5 Å². The quantitative estimate of drug-likeness (QED) is 0.0706. The van der Waals surface area contributed by atoms with Gasteiger partial charge in [-0.3, -0.25) is 14.4 Å². The first-order valence-electron chi connectivity index (χ1n) is 13.2. The molecule has 0 aliphatic heterocycles. The average Bonchev–Trinajstić information content (AvgIpc) is 3.02. The number of ether oxygens (including phenoxy) is 2. The molecule has 4 aromatic carbocycles. The summed E-state index contributed by atoms with van der Waals surface area (Å²) in [6, 6.07) is 25.8. The van der Waals surface area contributed by atoms with E-state index in [0.717, 1.165) is 6.42 Å². The minimum atomic E-state index is -1.04. The monoisotopic (exact) mass is 598 g/mol. The van der Waals surface area contributed by atoms with Gasteiger partial charge in [0.25, 0.3) is 5.91 Å². The van der Waals surface area contributed by atoms with E-state index < -0.39 is 23.7 Å². The Hall–Kier alpha value is -5.48. The summed E-state index contributed by atoms with van der Waals surface area (Å²) in [6.07, 6.45) is 2.20. The van der Waals surface area contributed by atoms with E-state index in [4.69, 9.17) is 21.1 Å². The van der Waals surface area contributed by atoms with Crippen LogP contribution in [-0.2, 0) is 9.59 Å². The third kappa shape index (κ3) is 9.00. The summed E-state index contributed by atoms with van der Waals surface area (Å²) in [4.78, 5) is 49.9. The Morgan fingerprint density at radius 1 is 0.791 bits per heavy atom. The van der Waals surface area contributed by atoms with E-state index in [1.807, 2.05) is 6.92 Å². The molecule has 11 heteroatoms. The molecule has 0 heterocycles. The third-order valence-electron chi connectivity index (χ3n) is 5.76. The zero-order valence-electron chi connectivity index (χ0n) is 23.0. The van der Waals surface area contributed by atoms with E-state index in [1.165, 1.54) is 18.3 Å². The summed E-state index contributed by atoms with van der Waals surface area (Å²) in [5, 5.41) is 9.45. The van der Waals surface area contributed by atoms with Crippen molar-refractivity contribution in [3.63, 3.8) is 0 Å². The number of carbonyl (C=O) groups is 4. The molecule has 10 nitrogen and oxygen atoms in total. The Labute approximate surface area is 252 Å². The first-order valence-corrected chi connectivity index (χ1v) is 13.6. The number of nitrogens with one attached hydrogen (secondary N) is 3. The molecule has 0 saturated carbocycles. The fourth-order valence-corrected chi connectivity index (χ4v) is 3.74. The predicted octanol–water partition coefficient (Wildman–Crippen LogP) is 5.69. The summed E-state index contributed by atoms with van der Waals surface area (Å²) in [7, 11) is 0. The van der Waals surface area contributed by atoms with Gasteiger partial charge in [0.2, 0.25) is 0 Å². The molecule has 4 rings (SSSR count). The molecule has 0 aromatic heterocycles. The number of carbonyl (C=O) groups excluding carboxylic acids is 4. The van der Waals surface area contributed by atoms with Crippen LogP contribution in [0.1, 0.15) is 39.6 Å². The molecule has 0 atom stereocenters. The number of para-hydroxylation sites is 1. The number of esters is 1. The number of nitrogens with zero attached hydrogens (tertiary/aromatic N) is 1. The van der Waals surface area contributed by atoms with Crippen molar-refractivity contribution < 1.29 is 28.7 Å². The van der Waals surface area contributed by atoms with E-state index in [0.29, 0.717) is 39.9 Å². The lowest BCUT2D eigenvalue weighted by Crippen LogP contribution is -2.33. The van der Waals surface area contributed by atoms with Crippen LogP contribution in [0.4, 0.5) is 11.4 Å². The Morgan fingerprint density at radius 3 is 2.16 bits per heavy atom. The molecular weight excluding hydrogens is 572 g/mol. The van der Waals surface area contributed by atoms with E-state index in [2.05, 4.69) is 21.2 Å². The summed E-state index contributed by atoms with van der Waals surface area (Å²) in [6.45, 7) is 2.60. The summed E-state index contributed by atoms with van der Waals surface area (Å²) in [5.74, 6) is -2.08. The molecular formula is C32H27ClN4O6. The number of hydrogen-bond acceptors (Lipinski definition) is 7. The Balaban J connectivity index is 1.28. The van der Waals surface area contributed by atoms with E-state index in [1.54, 1.807) is 84.9 Å². The standard InChI is InChI=1S/C32H27ClN4O6/c1-2-19-42-25-17-9-22(10-18-25)32(41)43-26-15-7-21(8-16-26)20-34-37-31(40)30(39)36-28-6-4-3-5-27(28)29(38)35-24-13-11-23(33)12-14-24/h3-18,20H,2,19H2,1H3,(H,35,38)(H,36,39)(H,37,40). The smallest absolute Gasteiger partial charge is 0.343 e. The third-order valence-corrected chi connectivity index (χ3v) is 6.01.